The molecule has 2 rings (SSSR count). The number of hydrogen-bond acceptors (Lipinski definition) is 2. The molecule has 0 saturated heterocycles. The molecule has 1 fully saturated rings. The van der Waals surface area contributed by atoms with Crippen LogP contribution in [0.4, 0.5) is 13.2 Å². The van der Waals surface area contributed by atoms with Gasteiger partial charge >= 0.3 is 0 Å². The average molecular weight is 315 g/mol. The van der Waals surface area contributed by atoms with Gasteiger partial charge in [-0.25, -0.2) is 13.2 Å². The summed E-state index contributed by atoms with van der Waals surface area (Å²) in [4.78, 5) is 1.84. The summed E-state index contributed by atoms with van der Waals surface area (Å²) < 4.78 is 41.5. The van der Waals surface area contributed by atoms with Crippen LogP contribution in [0.15, 0.2) is 6.07 Å². The zero-order valence-corrected chi connectivity index (χ0v) is 13.4. The van der Waals surface area contributed by atoms with Gasteiger partial charge in [0.2, 0.25) is 0 Å². The first-order valence-electron chi connectivity index (χ1n) is 7.77. The number of benzene rings is 1. The maximum Gasteiger partial charge on any atom is 0.194 e. The Morgan fingerprint density at radius 3 is 2.27 bits per heavy atom. The summed E-state index contributed by atoms with van der Waals surface area (Å²) in [7, 11) is 3.65. The first-order valence-corrected chi connectivity index (χ1v) is 7.77. The Labute approximate surface area is 129 Å². The van der Waals surface area contributed by atoms with Crippen molar-refractivity contribution in [2.75, 3.05) is 20.6 Å². The minimum Gasteiger partial charge on any atom is -0.389 e. The molecular weight excluding hydrogens is 291 g/mol. The molecule has 0 aromatic heterocycles. The number of nitrogens with zero attached hydrogens (tertiary/aromatic N) is 1. The number of halogens is 3. The van der Waals surface area contributed by atoms with Crippen LogP contribution < -0.4 is 0 Å². The largest absolute Gasteiger partial charge is 0.389 e. The Bertz CT molecular complexity index is 539. The minimum absolute atomic E-state index is 0.108. The van der Waals surface area contributed by atoms with Crippen molar-refractivity contribution in [2.45, 2.75) is 50.5 Å². The standard InChI is InChI=1S/C17H24F3NO/c1-11-9-13(18)15(19)16(20)14(11)12(10-21(2)3)17(22)7-5-4-6-8-17/h9,12,22H,4-8,10H2,1-3H3. The van der Waals surface area contributed by atoms with Crippen LogP contribution in [0.3, 0.4) is 0 Å². The summed E-state index contributed by atoms with van der Waals surface area (Å²) in [5, 5.41) is 11.0. The predicted octanol–water partition coefficient (Wildman–Crippen LogP) is 3.75. The van der Waals surface area contributed by atoms with E-state index in [2.05, 4.69) is 0 Å². The van der Waals surface area contributed by atoms with E-state index in [1.165, 1.54) is 0 Å². The highest BCUT2D eigenvalue weighted by molar-refractivity contribution is 5.35. The van der Waals surface area contributed by atoms with Crippen LogP contribution in [0.2, 0.25) is 0 Å². The normalized spacial score (nSPS) is 19.5. The lowest BCUT2D eigenvalue weighted by molar-refractivity contribution is -0.0290. The summed E-state index contributed by atoms with van der Waals surface area (Å²) in [6.45, 7) is 1.95. The van der Waals surface area contributed by atoms with Gasteiger partial charge in [-0.3, -0.25) is 0 Å². The van der Waals surface area contributed by atoms with E-state index in [0.29, 0.717) is 24.9 Å². The molecular formula is C17H24F3NO. The molecule has 1 aromatic rings. The third-order valence-corrected chi connectivity index (χ3v) is 4.67. The molecule has 2 nitrogen and oxygen atoms in total. The molecule has 22 heavy (non-hydrogen) atoms. The SMILES string of the molecule is Cc1cc(F)c(F)c(F)c1C(CN(C)C)C1(O)CCCCC1. The molecule has 5 heteroatoms. The molecule has 0 spiro atoms. The molecule has 124 valence electrons. The van der Waals surface area contributed by atoms with Crippen LogP contribution in [-0.2, 0) is 0 Å². The van der Waals surface area contributed by atoms with Gasteiger partial charge in [0.15, 0.2) is 17.5 Å². The van der Waals surface area contributed by atoms with Crippen molar-refractivity contribution >= 4 is 0 Å². The summed E-state index contributed by atoms with van der Waals surface area (Å²) in [6.07, 6.45) is 3.89. The van der Waals surface area contributed by atoms with Gasteiger partial charge in [0.05, 0.1) is 5.60 Å². The van der Waals surface area contributed by atoms with Crippen molar-refractivity contribution in [3.8, 4) is 0 Å². The number of aliphatic hydroxyl groups is 1. The lowest BCUT2D eigenvalue weighted by Gasteiger charge is -2.41. The summed E-state index contributed by atoms with van der Waals surface area (Å²) >= 11 is 0. The Balaban J connectivity index is 2.52. The first kappa shape index (κ1) is 17.3. The van der Waals surface area contributed by atoms with Gasteiger partial charge in [-0.2, -0.15) is 0 Å². The fourth-order valence-electron chi connectivity index (χ4n) is 3.56. The van der Waals surface area contributed by atoms with Crippen molar-refractivity contribution in [1.82, 2.24) is 4.90 Å². The smallest absolute Gasteiger partial charge is 0.194 e. The van der Waals surface area contributed by atoms with Crippen molar-refractivity contribution in [2.24, 2.45) is 0 Å². The van der Waals surface area contributed by atoms with Gasteiger partial charge in [-0.15, -0.1) is 0 Å². The van der Waals surface area contributed by atoms with E-state index in [-0.39, 0.29) is 5.56 Å². The third-order valence-electron chi connectivity index (χ3n) is 4.67. The molecule has 1 saturated carbocycles. The molecule has 0 heterocycles. The van der Waals surface area contributed by atoms with Crippen LogP contribution in [0.1, 0.15) is 49.1 Å². The van der Waals surface area contributed by atoms with Gasteiger partial charge in [0.1, 0.15) is 0 Å². The molecule has 1 unspecified atom stereocenters. The molecule has 0 bridgehead atoms. The fourth-order valence-corrected chi connectivity index (χ4v) is 3.56. The van der Waals surface area contributed by atoms with E-state index in [4.69, 9.17) is 0 Å². The zero-order chi connectivity index (χ0) is 16.5. The zero-order valence-electron chi connectivity index (χ0n) is 13.4. The molecule has 0 radical (unpaired) electrons. The fraction of sp³-hybridized carbons (Fsp3) is 0.647. The van der Waals surface area contributed by atoms with Crippen LogP contribution in [0.5, 0.6) is 0 Å². The Kier molecular flexibility index (Phi) is 5.17. The maximum absolute atomic E-state index is 14.4. The molecule has 1 atom stereocenters. The quantitative estimate of drug-likeness (QED) is 0.855. The average Bonchev–Trinajstić information content (AvgIpc) is 2.44. The van der Waals surface area contributed by atoms with E-state index in [9.17, 15) is 18.3 Å². The van der Waals surface area contributed by atoms with E-state index in [1.807, 2.05) is 19.0 Å². The molecule has 0 aliphatic heterocycles. The Hall–Kier alpha value is -1.07. The molecule has 1 aliphatic carbocycles. The lowest BCUT2D eigenvalue weighted by Crippen LogP contribution is -2.43. The molecule has 1 aromatic carbocycles. The van der Waals surface area contributed by atoms with E-state index in [0.717, 1.165) is 25.3 Å². The first-order chi connectivity index (χ1) is 10.3. The highest BCUT2D eigenvalue weighted by Crippen LogP contribution is 2.42. The van der Waals surface area contributed by atoms with Gasteiger partial charge in [-0.1, -0.05) is 19.3 Å². The third kappa shape index (κ3) is 3.30. The number of aryl methyl sites for hydroxylation is 1. The van der Waals surface area contributed by atoms with Crippen molar-refractivity contribution in [3.05, 3.63) is 34.6 Å². The summed E-state index contributed by atoms with van der Waals surface area (Å²) in [5.41, 5.74) is -0.613. The number of hydrogen-bond donors (Lipinski definition) is 1. The van der Waals surface area contributed by atoms with Crippen LogP contribution in [0.25, 0.3) is 0 Å². The maximum atomic E-state index is 14.4. The number of rotatable bonds is 4. The van der Waals surface area contributed by atoms with E-state index >= 15 is 0 Å². The van der Waals surface area contributed by atoms with Crippen LogP contribution in [0, 0.1) is 24.4 Å². The topological polar surface area (TPSA) is 23.5 Å². The summed E-state index contributed by atoms with van der Waals surface area (Å²) in [5.74, 6) is -4.37. The van der Waals surface area contributed by atoms with Gasteiger partial charge in [0, 0.05) is 18.0 Å². The van der Waals surface area contributed by atoms with Gasteiger partial charge in [-0.05, 0) is 45.5 Å². The predicted molar refractivity (Wildman–Crippen MR) is 80.4 cm³/mol. The lowest BCUT2D eigenvalue weighted by atomic mass is 9.71. The highest BCUT2D eigenvalue weighted by atomic mass is 19.2. The molecule has 1 aliphatic rings. The van der Waals surface area contributed by atoms with E-state index in [1.54, 1.807) is 6.92 Å². The second kappa shape index (κ2) is 6.59. The van der Waals surface area contributed by atoms with Gasteiger partial charge < -0.3 is 10.0 Å². The number of likely N-dealkylation sites (N-methyl/N-ethyl adjacent to an activating group) is 1. The van der Waals surface area contributed by atoms with Crippen molar-refractivity contribution < 1.29 is 18.3 Å². The van der Waals surface area contributed by atoms with Gasteiger partial charge in [0.25, 0.3) is 0 Å². The Morgan fingerprint density at radius 2 is 1.73 bits per heavy atom. The Morgan fingerprint density at radius 1 is 1.14 bits per heavy atom. The summed E-state index contributed by atoms with van der Waals surface area (Å²) in [6, 6.07) is 1.02. The second-order valence-electron chi connectivity index (χ2n) is 6.70. The van der Waals surface area contributed by atoms with Crippen LogP contribution >= 0.6 is 0 Å². The van der Waals surface area contributed by atoms with Crippen molar-refractivity contribution in [3.63, 3.8) is 0 Å². The minimum atomic E-state index is -1.45. The second-order valence-corrected chi connectivity index (χ2v) is 6.70. The van der Waals surface area contributed by atoms with Crippen LogP contribution in [-0.4, -0.2) is 36.2 Å². The van der Waals surface area contributed by atoms with Crippen molar-refractivity contribution in [1.29, 1.82) is 0 Å². The monoisotopic (exact) mass is 315 g/mol. The molecule has 1 N–H and O–H groups in total. The molecule has 0 amide bonds. The highest BCUT2D eigenvalue weighted by Gasteiger charge is 2.41. The van der Waals surface area contributed by atoms with E-state index < -0.39 is 29.0 Å².